The maximum Gasteiger partial charge on any atom is 0.338 e. The molecule has 0 saturated heterocycles. The van der Waals surface area contributed by atoms with E-state index in [-0.39, 0.29) is 11.1 Å². The van der Waals surface area contributed by atoms with Gasteiger partial charge in [0.25, 0.3) is 5.91 Å². The molecule has 1 aromatic rings. The van der Waals surface area contributed by atoms with Gasteiger partial charge in [0.05, 0.1) is 17.7 Å². The number of hydrogen-bond acceptors (Lipinski definition) is 4. The molecule has 0 atom stereocenters. The van der Waals surface area contributed by atoms with Crippen molar-refractivity contribution in [3.8, 4) is 0 Å². The number of esters is 1. The number of unbranched alkanes of at least 4 members (excludes halogenated alkanes) is 1. The molecule has 0 bridgehead atoms. The largest absolute Gasteiger partial charge is 0.462 e. The molecule has 0 fully saturated rings. The summed E-state index contributed by atoms with van der Waals surface area (Å²) in [6, 6.07) is 6.40. The molecule has 0 aromatic heterocycles. The normalized spacial score (nSPS) is 9.76. The lowest BCUT2D eigenvalue weighted by atomic mass is 10.1. The summed E-state index contributed by atoms with van der Waals surface area (Å²) in [6.07, 6.45) is 1.75. The minimum absolute atomic E-state index is 0.219. The highest BCUT2D eigenvalue weighted by molar-refractivity contribution is 6.05. The van der Waals surface area contributed by atoms with Crippen LogP contribution in [0.2, 0.25) is 0 Å². The van der Waals surface area contributed by atoms with Crippen molar-refractivity contribution in [3.05, 3.63) is 35.4 Å². The Kier molecular flexibility index (Phi) is 5.16. The number of nitrogens with one attached hydrogen (secondary N) is 1. The Bertz CT molecular complexity index is 404. The quantitative estimate of drug-likeness (QED) is 0.265. The van der Waals surface area contributed by atoms with E-state index in [2.05, 4.69) is 0 Å². The summed E-state index contributed by atoms with van der Waals surface area (Å²) in [7, 11) is 0. The summed E-state index contributed by atoms with van der Waals surface area (Å²) in [4.78, 5) is 23.1. The van der Waals surface area contributed by atoms with Gasteiger partial charge in [0.2, 0.25) is 0 Å². The van der Waals surface area contributed by atoms with E-state index in [1.54, 1.807) is 18.2 Å². The predicted octanol–water partition coefficient (Wildman–Crippen LogP) is 1.25. The SMILES string of the molecule is CCCCOC(=O)c1ccccc1C(=O)NN. The van der Waals surface area contributed by atoms with Crippen LogP contribution < -0.4 is 11.3 Å². The highest BCUT2D eigenvalue weighted by atomic mass is 16.5. The van der Waals surface area contributed by atoms with Crippen LogP contribution in [-0.2, 0) is 4.74 Å². The van der Waals surface area contributed by atoms with E-state index < -0.39 is 11.9 Å². The Morgan fingerprint density at radius 1 is 1.29 bits per heavy atom. The van der Waals surface area contributed by atoms with Crippen LogP contribution >= 0.6 is 0 Å². The summed E-state index contributed by atoms with van der Waals surface area (Å²) >= 11 is 0. The zero-order valence-corrected chi connectivity index (χ0v) is 9.73. The Hall–Kier alpha value is -1.88. The molecule has 0 unspecified atom stereocenters. The molecule has 0 spiro atoms. The lowest BCUT2D eigenvalue weighted by Gasteiger charge is -2.07. The van der Waals surface area contributed by atoms with Crippen LogP contribution in [0.4, 0.5) is 0 Å². The van der Waals surface area contributed by atoms with Gasteiger partial charge in [-0.1, -0.05) is 25.5 Å². The van der Waals surface area contributed by atoms with Crippen LogP contribution in [0.15, 0.2) is 24.3 Å². The highest BCUT2D eigenvalue weighted by Gasteiger charge is 2.16. The molecule has 1 amide bonds. The van der Waals surface area contributed by atoms with Crippen molar-refractivity contribution < 1.29 is 14.3 Å². The molecule has 1 aromatic carbocycles. The topological polar surface area (TPSA) is 81.4 Å². The average molecular weight is 236 g/mol. The van der Waals surface area contributed by atoms with E-state index in [9.17, 15) is 9.59 Å². The van der Waals surface area contributed by atoms with Gasteiger partial charge in [-0.2, -0.15) is 0 Å². The predicted molar refractivity (Wildman–Crippen MR) is 63.3 cm³/mol. The Balaban J connectivity index is 2.82. The Morgan fingerprint density at radius 3 is 2.53 bits per heavy atom. The third kappa shape index (κ3) is 3.57. The molecule has 0 aliphatic rings. The first kappa shape index (κ1) is 13.2. The lowest BCUT2D eigenvalue weighted by molar-refractivity contribution is 0.0496. The maximum atomic E-state index is 11.7. The van der Waals surface area contributed by atoms with Crippen LogP contribution in [0.5, 0.6) is 0 Å². The van der Waals surface area contributed by atoms with Gasteiger partial charge in [0.15, 0.2) is 0 Å². The molecule has 0 aliphatic heterocycles. The molecule has 92 valence electrons. The minimum atomic E-state index is -0.506. The van der Waals surface area contributed by atoms with Gasteiger partial charge < -0.3 is 4.74 Å². The summed E-state index contributed by atoms with van der Waals surface area (Å²) in [6.45, 7) is 2.36. The van der Waals surface area contributed by atoms with Gasteiger partial charge in [-0.05, 0) is 18.6 Å². The van der Waals surface area contributed by atoms with Crippen molar-refractivity contribution in [2.24, 2.45) is 5.84 Å². The number of nitrogens with two attached hydrogens (primary N) is 1. The second-order valence-corrected chi connectivity index (χ2v) is 3.51. The average Bonchev–Trinajstić information content (AvgIpc) is 2.38. The number of ether oxygens (including phenoxy) is 1. The van der Waals surface area contributed by atoms with E-state index in [0.29, 0.717) is 6.61 Å². The summed E-state index contributed by atoms with van der Waals surface area (Å²) in [5, 5.41) is 0. The molecule has 5 heteroatoms. The smallest absolute Gasteiger partial charge is 0.338 e. The number of amides is 1. The first-order valence-corrected chi connectivity index (χ1v) is 5.47. The van der Waals surface area contributed by atoms with Crippen LogP contribution in [0, 0.1) is 0 Å². The number of rotatable bonds is 5. The molecular formula is C12H16N2O3. The number of carbonyl (C=O) groups excluding carboxylic acids is 2. The third-order valence-electron chi connectivity index (χ3n) is 2.25. The van der Waals surface area contributed by atoms with Crippen LogP contribution in [0.1, 0.15) is 40.5 Å². The van der Waals surface area contributed by atoms with E-state index in [0.717, 1.165) is 12.8 Å². The summed E-state index contributed by atoms with van der Waals surface area (Å²) in [5.74, 6) is 4.03. The number of benzene rings is 1. The van der Waals surface area contributed by atoms with Gasteiger partial charge in [0, 0.05) is 0 Å². The van der Waals surface area contributed by atoms with Gasteiger partial charge in [-0.25, -0.2) is 10.6 Å². The van der Waals surface area contributed by atoms with Crippen LogP contribution in [0.3, 0.4) is 0 Å². The zero-order valence-electron chi connectivity index (χ0n) is 9.73. The molecular weight excluding hydrogens is 220 g/mol. The van der Waals surface area contributed by atoms with Crippen molar-refractivity contribution in [3.63, 3.8) is 0 Å². The van der Waals surface area contributed by atoms with Crippen molar-refractivity contribution in [1.82, 2.24) is 5.43 Å². The number of hydrazine groups is 1. The van der Waals surface area contributed by atoms with Gasteiger partial charge >= 0.3 is 5.97 Å². The summed E-state index contributed by atoms with van der Waals surface area (Å²) < 4.78 is 5.04. The van der Waals surface area contributed by atoms with Crippen LogP contribution in [0.25, 0.3) is 0 Å². The molecule has 5 nitrogen and oxygen atoms in total. The molecule has 0 saturated carbocycles. The van der Waals surface area contributed by atoms with E-state index >= 15 is 0 Å². The molecule has 0 heterocycles. The number of carbonyl (C=O) groups is 2. The Labute approximate surface area is 99.9 Å². The summed E-state index contributed by atoms with van der Waals surface area (Å²) in [5.41, 5.74) is 2.44. The minimum Gasteiger partial charge on any atom is -0.462 e. The molecule has 0 radical (unpaired) electrons. The fourth-order valence-electron chi connectivity index (χ4n) is 1.32. The van der Waals surface area contributed by atoms with Crippen LogP contribution in [-0.4, -0.2) is 18.5 Å². The van der Waals surface area contributed by atoms with Crippen molar-refractivity contribution in [2.75, 3.05) is 6.61 Å². The number of hydrogen-bond donors (Lipinski definition) is 2. The van der Waals surface area contributed by atoms with Gasteiger partial charge in [-0.3, -0.25) is 10.2 Å². The van der Waals surface area contributed by atoms with Gasteiger partial charge in [-0.15, -0.1) is 0 Å². The zero-order chi connectivity index (χ0) is 12.7. The lowest BCUT2D eigenvalue weighted by Crippen LogP contribution is -2.31. The molecule has 17 heavy (non-hydrogen) atoms. The van der Waals surface area contributed by atoms with Crippen molar-refractivity contribution in [1.29, 1.82) is 0 Å². The second kappa shape index (κ2) is 6.65. The van der Waals surface area contributed by atoms with E-state index in [1.807, 2.05) is 12.3 Å². The maximum absolute atomic E-state index is 11.7. The third-order valence-corrected chi connectivity index (χ3v) is 2.25. The fourth-order valence-corrected chi connectivity index (χ4v) is 1.32. The molecule has 3 N–H and O–H groups in total. The first-order valence-electron chi connectivity index (χ1n) is 5.47. The highest BCUT2D eigenvalue weighted by Crippen LogP contribution is 2.10. The number of nitrogen functional groups attached to an aromatic ring is 1. The second-order valence-electron chi connectivity index (χ2n) is 3.51. The molecule has 1 rings (SSSR count). The van der Waals surface area contributed by atoms with E-state index in [4.69, 9.17) is 10.6 Å². The monoisotopic (exact) mass is 236 g/mol. The Morgan fingerprint density at radius 2 is 1.94 bits per heavy atom. The molecule has 0 aliphatic carbocycles. The standard InChI is InChI=1S/C12H16N2O3/c1-2-3-8-17-12(16)10-7-5-4-6-9(10)11(15)14-13/h4-7H,2-3,8,13H2,1H3,(H,14,15). The van der Waals surface area contributed by atoms with E-state index in [1.165, 1.54) is 6.07 Å². The van der Waals surface area contributed by atoms with Crippen molar-refractivity contribution >= 4 is 11.9 Å². The van der Waals surface area contributed by atoms with Crippen molar-refractivity contribution in [2.45, 2.75) is 19.8 Å². The fraction of sp³-hybridized carbons (Fsp3) is 0.333. The first-order chi connectivity index (χ1) is 8.20. The van der Waals surface area contributed by atoms with Gasteiger partial charge in [0.1, 0.15) is 0 Å².